The Morgan fingerprint density at radius 3 is 2.71 bits per heavy atom. The van der Waals surface area contributed by atoms with E-state index in [0.29, 0.717) is 45.9 Å². The second kappa shape index (κ2) is 7.99. The summed E-state index contributed by atoms with van der Waals surface area (Å²) < 4.78 is 20.5. The van der Waals surface area contributed by atoms with E-state index in [0.717, 1.165) is 23.9 Å². The van der Waals surface area contributed by atoms with Crippen LogP contribution in [0.3, 0.4) is 0 Å². The third-order valence-electron chi connectivity index (χ3n) is 7.39. The van der Waals surface area contributed by atoms with Gasteiger partial charge in [0.2, 0.25) is 0 Å². The van der Waals surface area contributed by atoms with Gasteiger partial charge in [0, 0.05) is 31.1 Å². The molecule has 11 heteroatoms. The molecule has 4 aromatic rings. The largest absolute Gasteiger partial charge is 0.421 e. The lowest BCUT2D eigenvalue weighted by molar-refractivity contribution is 0.188. The number of halogens is 1. The molecule has 0 radical (unpaired) electrons. The van der Waals surface area contributed by atoms with Crippen molar-refractivity contribution in [3.05, 3.63) is 36.2 Å². The van der Waals surface area contributed by atoms with Crippen molar-refractivity contribution in [3.8, 4) is 11.8 Å². The highest BCUT2D eigenvalue weighted by Crippen LogP contribution is 2.46. The highest BCUT2D eigenvalue weighted by atomic mass is 19.1. The van der Waals surface area contributed by atoms with E-state index in [1.54, 1.807) is 14.0 Å². The summed E-state index contributed by atoms with van der Waals surface area (Å²) in [6.45, 7) is 4.54. The van der Waals surface area contributed by atoms with E-state index in [1.807, 2.05) is 0 Å². The van der Waals surface area contributed by atoms with Crippen LogP contribution in [-0.2, 0) is 0 Å². The molecular weight excluding hydrogens is 451 g/mol. The molecule has 2 fully saturated rings. The summed E-state index contributed by atoms with van der Waals surface area (Å²) in [5.74, 6) is 1.67. The van der Waals surface area contributed by atoms with Gasteiger partial charge in [-0.2, -0.15) is 9.97 Å². The number of benzene rings is 1. The van der Waals surface area contributed by atoms with Crippen LogP contribution < -0.4 is 20.7 Å². The Morgan fingerprint density at radius 2 is 2.06 bits per heavy atom. The summed E-state index contributed by atoms with van der Waals surface area (Å²) in [5, 5.41) is 14.2. The number of hydrogen-bond acceptors (Lipinski definition) is 9. The standard InChI is InChI=1S/C24H27FN8O2/c1-10-17-4-12(19(10)26)9-33(17)23-18-15-5-13(25)6-16(27-3)20(15)30-22(18)31-24(32-23)35-14-7-28-21(11(2)34)29-8-14/h5-8,10-12,17,19,27,34H,4,9,26H2,1-3H3,(H,30,31,32). The fraction of sp³-hybridized carbons (Fsp3) is 0.417. The molecule has 0 spiro atoms. The van der Waals surface area contributed by atoms with E-state index in [1.165, 1.54) is 24.5 Å². The molecule has 1 aromatic carbocycles. The molecule has 35 heavy (non-hydrogen) atoms. The van der Waals surface area contributed by atoms with Crippen molar-refractivity contribution in [2.45, 2.75) is 38.5 Å². The fourth-order valence-corrected chi connectivity index (χ4v) is 5.58. The average Bonchev–Trinajstić information content (AvgIpc) is 3.51. The van der Waals surface area contributed by atoms with Crippen LogP contribution in [0.5, 0.6) is 11.8 Å². The van der Waals surface area contributed by atoms with Gasteiger partial charge in [-0.25, -0.2) is 14.4 Å². The molecule has 5 atom stereocenters. The van der Waals surface area contributed by atoms with E-state index in [9.17, 15) is 9.50 Å². The molecule has 4 heterocycles. The number of hydrogen-bond donors (Lipinski definition) is 4. The minimum atomic E-state index is -0.782. The Hall–Kier alpha value is -3.57. The molecule has 1 saturated carbocycles. The van der Waals surface area contributed by atoms with Crippen LogP contribution in [0.15, 0.2) is 24.5 Å². The maximum atomic E-state index is 14.5. The number of nitrogens with one attached hydrogen (secondary N) is 2. The second-order valence-electron chi connectivity index (χ2n) is 9.51. The molecule has 6 rings (SSSR count). The van der Waals surface area contributed by atoms with Crippen molar-refractivity contribution < 1.29 is 14.2 Å². The Kier molecular flexibility index (Phi) is 5.01. The van der Waals surface area contributed by atoms with Crippen LogP contribution in [0.25, 0.3) is 21.9 Å². The summed E-state index contributed by atoms with van der Waals surface area (Å²) in [7, 11) is 1.75. The summed E-state index contributed by atoms with van der Waals surface area (Å²) in [4.78, 5) is 23.3. The van der Waals surface area contributed by atoms with Crippen LogP contribution in [0.2, 0.25) is 0 Å². The van der Waals surface area contributed by atoms with Gasteiger partial charge in [0.25, 0.3) is 0 Å². The Bertz CT molecular complexity index is 1420. The number of anilines is 2. The molecule has 5 unspecified atom stereocenters. The van der Waals surface area contributed by atoms with Gasteiger partial charge in [-0.05, 0) is 37.3 Å². The first-order chi connectivity index (χ1) is 16.8. The highest BCUT2D eigenvalue weighted by molar-refractivity contribution is 6.14. The number of aliphatic hydroxyl groups excluding tert-OH is 1. The lowest BCUT2D eigenvalue weighted by atomic mass is 9.94. The van der Waals surface area contributed by atoms with Crippen molar-refractivity contribution in [3.63, 3.8) is 0 Å². The van der Waals surface area contributed by atoms with Gasteiger partial charge in [-0.1, -0.05) is 6.92 Å². The molecule has 5 N–H and O–H groups in total. The predicted molar refractivity (Wildman–Crippen MR) is 130 cm³/mol. The lowest BCUT2D eigenvalue weighted by Gasteiger charge is -2.36. The monoisotopic (exact) mass is 478 g/mol. The van der Waals surface area contributed by atoms with E-state index < -0.39 is 6.10 Å². The number of aromatic amines is 1. The number of H-pyrrole nitrogens is 1. The fourth-order valence-electron chi connectivity index (χ4n) is 5.58. The number of nitrogens with two attached hydrogens (primary N) is 1. The minimum absolute atomic E-state index is 0.124. The zero-order chi connectivity index (χ0) is 24.4. The van der Waals surface area contributed by atoms with Gasteiger partial charge < -0.3 is 30.8 Å². The Balaban J connectivity index is 1.51. The van der Waals surface area contributed by atoms with E-state index in [2.05, 4.69) is 37.1 Å². The molecule has 2 aliphatic rings. The number of ether oxygens (including phenoxy) is 1. The zero-order valence-electron chi connectivity index (χ0n) is 19.7. The first-order valence-electron chi connectivity index (χ1n) is 11.7. The number of aliphatic hydroxyl groups is 1. The number of piperidine rings is 1. The third-order valence-corrected chi connectivity index (χ3v) is 7.39. The molecule has 1 saturated heterocycles. The molecule has 10 nitrogen and oxygen atoms in total. The van der Waals surface area contributed by atoms with Gasteiger partial charge in [-0.15, -0.1) is 0 Å². The van der Waals surface area contributed by atoms with Crippen molar-refractivity contribution >= 4 is 33.4 Å². The summed E-state index contributed by atoms with van der Waals surface area (Å²) >= 11 is 0. The maximum absolute atomic E-state index is 14.5. The highest BCUT2D eigenvalue weighted by Gasteiger charge is 2.49. The van der Waals surface area contributed by atoms with Crippen molar-refractivity contribution in [1.82, 2.24) is 24.9 Å². The Morgan fingerprint density at radius 1 is 1.29 bits per heavy atom. The molecule has 3 aromatic heterocycles. The van der Waals surface area contributed by atoms with Crippen molar-refractivity contribution in [2.75, 3.05) is 23.8 Å². The summed E-state index contributed by atoms with van der Waals surface area (Å²) in [6.07, 6.45) is 3.16. The van der Waals surface area contributed by atoms with E-state index in [4.69, 9.17) is 15.5 Å². The average molecular weight is 479 g/mol. The number of aromatic nitrogens is 5. The number of rotatable bonds is 5. The molecule has 1 aliphatic heterocycles. The SMILES string of the molecule is CNc1cc(F)cc2c1[nH]c1nc(Oc3cnc(C(C)O)nc3)nc(N3CC4CC3C(C)C4N)c12. The van der Waals surface area contributed by atoms with Crippen LogP contribution in [0, 0.1) is 17.7 Å². The Labute approximate surface area is 200 Å². The zero-order valence-corrected chi connectivity index (χ0v) is 19.7. The first-order valence-corrected chi connectivity index (χ1v) is 11.7. The third kappa shape index (κ3) is 3.45. The first kappa shape index (κ1) is 21.9. The van der Waals surface area contributed by atoms with Gasteiger partial charge in [0.15, 0.2) is 11.6 Å². The maximum Gasteiger partial charge on any atom is 0.326 e. The lowest BCUT2D eigenvalue weighted by Crippen LogP contribution is -2.47. The molecular formula is C24H27FN8O2. The van der Waals surface area contributed by atoms with Gasteiger partial charge in [-0.3, -0.25) is 0 Å². The van der Waals surface area contributed by atoms with Crippen LogP contribution in [0.4, 0.5) is 15.9 Å². The van der Waals surface area contributed by atoms with Gasteiger partial charge in [0.1, 0.15) is 23.4 Å². The molecule has 1 aliphatic carbocycles. The minimum Gasteiger partial charge on any atom is -0.421 e. The predicted octanol–water partition coefficient (Wildman–Crippen LogP) is 3.10. The van der Waals surface area contributed by atoms with Crippen molar-refractivity contribution in [1.29, 1.82) is 0 Å². The summed E-state index contributed by atoms with van der Waals surface area (Å²) in [5.41, 5.74) is 8.35. The van der Waals surface area contributed by atoms with Crippen LogP contribution in [0.1, 0.15) is 32.2 Å². The molecule has 182 valence electrons. The second-order valence-corrected chi connectivity index (χ2v) is 9.51. The smallest absolute Gasteiger partial charge is 0.326 e. The topological polar surface area (TPSA) is 138 Å². The van der Waals surface area contributed by atoms with Gasteiger partial charge in [0.05, 0.1) is 29.0 Å². The quantitative estimate of drug-likeness (QED) is 0.341. The van der Waals surface area contributed by atoms with Crippen LogP contribution >= 0.6 is 0 Å². The van der Waals surface area contributed by atoms with Gasteiger partial charge >= 0.3 is 6.01 Å². The van der Waals surface area contributed by atoms with Crippen LogP contribution in [-0.4, -0.2) is 55.7 Å². The van der Waals surface area contributed by atoms with E-state index in [-0.39, 0.29) is 23.9 Å². The molecule has 2 bridgehead atoms. The van der Waals surface area contributed by atoms with Crippen molar-refractivity contribution in [2.24, 2.45) is 17.6 Å². The number of nitrogens with zero attached hydrogens (tertiary/aromatic N) is 5. The number of fused-ring (bicyclic) bond motifs is 5. The summed E-state index contributed by atoms with van der Waals surface area (Å²) in [6, 6.07) is 3.47. The normalized spacial score (nSPS) is 24.5. The molecule has 0 amide bonds. The van der Waals surface area contributed by atoms with E-state index >= 15 is 0 Å².